The third-order valence-electron chi connectivity index (χ3n) is 5.52. The van der Waals surface area contributed by atoms with Crippen LogP contribution in [-0.4, -0.2) is 32.8 Å². The summed E-state index contributed by atoms with van der Waals surface area (Å²) in [6.45, 7) is 0.723. The maximum atomic E-state index is 6.10. The monoisotopic (exact) mass is 397 g/mol. The maximum Gasteiger partial charge on any atom is 0.118 e. The standard InChI is InChI=1S/C24H23N5O/c25-19-9-12-30-23(14-19)17-6-4-16(5-7-17)22-13-18(8-11-27-22)20-15-28-29-24(20)21-3-1-2-10-26-21/h1-8,10-11,13,15,19,23H,9,12,14,25H2,(H,28,29). The van der Waals surface area contributed by atoms with Gasteiger partial charge in [-0.05, 0) is 48.2 Å². The molecule has 3 aromatic heterocycles. The van der Waals surface area contributed by atoms with Gasteiger partial charge in [0.25, 0.3) is 0 Å². The highest BCUT2D eigenvalue weighted by Crippen LogP contribution is 2.32. The van der Waals surface area contributed by atoms with Crippen LogP contribution in [0.3, 0.4) is 0 Å². The van der Waals surface area contributed by atoms with Crippen LogP contribution < -0.4 is 5.73 Å². The number of H-pyrrole nitrogens is 1. The van der Waals surface area contributed by atoms with Crippen LogP contribution >= 0.6 is 0 Å². The fourth-order valence-electron chi connectivity index (χ4n) is 3.89. The number of pyridine rings is 2. The number of rotatable bonds is 4. The first kappa shape index (κ1) is 18.7. The lowest BCUT2D eigenvalue weighted by Crippen LogP contribution is -2.30. The number of nitrogens with one attached hydrogen (secondary N) is 1. The number of aromatic nitrogens is 4. The molecule has 0 saturated carbocycles. The molecule has 1 fully saturated rings. The predicted octanol–water partition coefficient (Wildman–Crippen LogP) is 4.38. The van der Waals surface area contributed by atoms with E-state index in [1.807, 2.05) is 36.7 Å². The van der Waals surface area contributed by atoms with Gasteiger partial charge in [-0.15, -0.1) is 0 Å². The summed E-state index contributed by atoms with van der Waals surface area (Å²) in [5.74, 6) is 0. The number of nitrogens with two attached hydrogens (primary N) is 1. The summed E-state index contributed by atoms with van der Waals surface area (Å²) in [4.78, 5) is 9.01. The minimum absolute atomic E-state index is 0.0777. The van der Waals surface area contributed by atoms with Crippen molar-refractivity contribution in [3.63, 3.8) is 0 Å². The van der Waals surface area contributed by atoms with Gasteiger partial charge in [-0.25, -0.2) is 0 Å². The molecule has 0 bridgehead atoms. The molecule has 2 atom stereocenters. The van der Waals surface area contributed by atoms with Crippen molar-refractivity contribution in [1.29, 1.82) is 0 Å². The zero-order valence-corrected chi connectivity index (χ0v) is 16.5. The van der Waals surface area contributed by atoms with Gasteiger partial charge in [0.2, 0.25) is 0 Å². The lowest BCUT2D eigenvalue weighted by atomic mass is 9.96. The first-order chi connectivity index (χ1) is 14.8. The zero-order chi connectivity index (χ0) is 20.3. The van der Waals surface area contributed by atoms with Crippen molar-refractivity contribution >= 4 is 0 Å². The van der Waals surface area contributed by atoms with Crippen LogP contribution in [0.15, 0.2) is 73.2 Å². The highest BCUT2D eigenvalue weighted by atomic mass is 16.5. The Hall–Kier alpha value is -3.35. The first-order valence-electron chi connectivity index (χ1n) is 10.2. The van der Waals surface area contributed by atoms with Gasteiger partial charge in [0, 0.05) is 42.4 Å². The number of hydrogen-bond acceptors (Lipinski definition) is 5. The molecule has 5 rings (SSSR count). The normalized spacial score (nSPS) is 19.0. The van der Waals surface area contributed by atoms with Crippen LogP contribution in [-0.2, 0) is 4.74 Å². The van der Waals surface area contributed by atoms with Crippen LogP contribution in [0.25, 0.3) is 33.8 Å². The van der Waals surface area contributed by atoms with Crippen molar-refractivity contribution in [1.82, 2.24) is 20.2 Å². The average molecular weight is 397 g/mol. The molecule has 6 heteroatoms. The van der Waals surface area contributed by atoms with Gasteiger partial charge in [-0.2, -0.15) is 5.10 Å². The number of hydrogen-bond donors (Lipinski definition) is 2. The number of nitrogens with zero attached hydrogens (tertiary/aromatic N) is 3. The Morgan fingerprint density at radius 2 is 1.80 bits per heavy atom. The van der Waals surface area contributed by atoms with E-state index in [1.165, 1.54) is 0 Å². The van der Waals surface area contributed by atoms with Crippen molar-refractivity contribution in [3.05, 3.63) is 78.8 Å². The number of ether oxygens (including phenoxy) is 1. The number of benzene rings is 1. The molecular weight excluding hydrogens is 374 g/mol. The lowest BCUT2D eigenvalue weighted by molar-refractivity contribution is 0.00668. The summed E-state index contributed by atoms with van der Waals surface area (Å²) in [7, 11) is 0. The van der Waals surface area contributed by atoms with Crippen LogP contribution in [0.4, 0.5) is 0 Å². The summed E-state index contributed by atoms with van der Waals surface area (Å²) < 4.78 is 5.89. The van der Waals surface area contributed by atoms with E-state index in [2.05, 4.69) is 50.5 Å². The third-order valence-corrected chi connectivity index (χ3v) is 5.52. The highest BCUT2D eigenvalue weighted by Gasteiger charge is 2.21. The Balaban J connectivity index is 1.43. The van der Waals surface area contributed by atoms with Crippen LogP contribution in [0, 0.1) is 0 Å². The van der Waals surface area contributed by atoms with E-state index in [0.717, 1.165) is 58.8 Å². The molecular formula is C24H23N5O. The highest BCUT2D eigenvalue weighted by molar-refractivity contribution is 5.80. The molecule has 0 aliphatic carbocycles. The van der Waals surface area contributed by atoms with Gasteiger partial charge in [0.1, 0.15) is 5.69 Å². The van der Waals surface area contributed by atoms with Crippen LogP contribution in [0.5, 0.6) is 0 Å². The van der Waals surface area contributed by atoms with Gasteiger partial charge in [-0.3, -0.25) is 15.1 Å². The summed E-state index contributed by atoms with van der Waals surface area (Å²) in [6, 6.07) is 18.5. The van der Waals surface area contributed by atoms with Crippen molar-refractivity contribution in [2.45, 2.75) is 25.0 Å². The van der Waals surface area contributed by atoms with E-state index in [-0.39, 0.29) is 12.1 Å². The molecule has 2 unspecified atom stereocenters. The first-order valence-corrected chi connectivity index (χ1v) is 10.2. The Kier molecular flexibility index (Phi) is 5.09. The fraction of sp³-hybridized carbons (Fsp3) is 0.208. The van der Waals surface area contributed by atoms with Crippen LogP contribution in [0.1, 0.15) is 24.5 Å². The lowest BCUT2D eigenvalue weighted by Gasteiger charge is -2.27. The quantitative estimate of drug-likeness (QED) is 0.533. The topological polar surface area (TPSA) is 89.7 Å². The van der Waals surface area contributed by atoms with Gasteiger partial charge in [0.15, 0.2) is 0 Å². The Bertz CT molecular complexity index is 1120. The van der Waals surface area contributed by atoms with E-state index in [0.29, 0.717) is 0 Å². The van der Waals surface area contributed by atoms with Crippen molar-refractivity contribution in [2.24, 2.45) is 5.73 Å². The molecule has 3 N–H and O–H groups in total. The van der Waals surface area contributed by atoms with Crippen molar-refractivity contribution in [3.8, 4) is 33.8 Å². The second-order valence-electron chi connectivity index (χ2n) is 7.56. The molecule has 4 heterocycles. The van der Waals surface area contributed by atoms with E-state index in [9.17, 15) is 0 Å². The SMILES string of the molecule is NC1CCOC(c2ccc(-c3cc(-c4c[nH]nc4-c4ccccn4)ccn3)cc2)C1. The summed E-state index contributed by atoms with van der Waals surface area (Å²) in [6.07, 6.45) is 7.38. The second kappa shape index (κ2) is 8.18. The molecule has 150 valence electrons. The largest absolute Gasteiger partial charge is 0.373 e. The van der Waals surface area contributed by atoms with Crippen LogP contribution in [0.2, 0.25) is 0 Å². The molecule has 1 aliphatic rings. The molecule has 30 heavy (non-hydrogen) atoms. The average Bonchev–Trinajstić information content (AvgIpc) is 3.30. The smallest absolute Gasteiger partial charge is 0.118 e. The van der Waals surface area contributed by atoms with E-state index in [1.54, 1.807) is 6.20 Å². The van der Waals surface area contributed by atoms with Gasteiger partial charge in [0.05, 0.1) is 17.5 Å². The Morgan fingerprint density at radius 1 is 0.933 bits per heavy atom. The zero-order valence-electron chi connectivity index (χ0n) is 16.5. The molecule has 1 saturated heterocycles. The van der Waals surface area contributed by atoms with Gasteiger partial charge >= 0.3 is 0 Å². The summed E-state index contributed by atoms with van der Waals surface area (Å²) >= 11 is 0. The molecule has 0 radical (unpaired) electrons. The molecule has 4 aromatic rings. The van der Waals surface area contributed by atoms with E-state index >= 15 is 0 Å². The van der Waals surface area contributed by atoms with Gasteiger partial charge in [-0.1, -0.05) is 30.3 Å². The third kappa shape index (κ3) is 3.75. The van der Waals surface area contributed by atoms with E-state index in [4.69, 9.17) is 10.5 Å². The Morgan fingerprint density at radius 3 is 2.60 bits per heavy atom. The Labute approximate surface area is 175 Å². The van der Waals surface area contributed by atoms with Crippen molar-refractivity contribution in [2.75, 3.05) is 6.61 Å². The molecule has 6 nitrogen and oxygen atoms in total. The minimum atomic E-state index is 0.0777. The fourth-order valence-corrected chi connectivity index (χ4v) is 3.89. The van der Waals surface area contributed by atoms with Gasteiger partial charge < -0.3 is 10.5 Å². The summed E-state index contributed by atoms with van der Waals surface area (Å²) in [5, 5.41) is 7.37. The van der Waals surface area contributed by atoms with Crippen molar-refractivity contribution < 1.29 is 4.74 Å². The second-order valence-corrected chi connectivity index (χ2v) is 7.56. The summed E-state index contributed by atoms with van der Waals surface area (Å²) in [5.41, 5.74) is 12.9. The van der Waals surface area contributed by atoms with E-state index < -0.39 is 0 Å². The predicted molar refractivity (Wildman–Crippen MR) is 116 cm³/mol. The molecule has 1 aliphatic heterocycles. The minimum Gasteiger partial charge on any atom is -0.373 e. The molecule has 0 amide bonds. The molecule has 1 aromatic carbocycles. The molecule has 0 spiro atoms. The number of aromatic amines is 1. The maximum absolute atomic E-state index is 6.10.